The zero-order valence-electron chi connectivity index (χ0n) is 11.0. The average molecular weight is 234 g/mol. The van der Waals surface area contributed by atoms with Crippen LogP contribution in [0, 0.1) is 5.92 Å². The molecule has 1 aromatic carbocycles. The van der Waals surface area contributed by atoms with E-state index in [1.165, 1.54) is 0 Å². The van der Waals surface area contributed by atoms with Gasteiger partial charge in [-0.05, 0) is 12.0 Å². The standard InChI is InChI=1S/C15H22O2/c1-4-7-12(2)10-14(16)11-13-8-5-6-9-15(13)17-3/h5-6,8-9,12H,4,7,10-11H2,1-3H3. The molecule has 0 aliphatic heterocycles. The van der Waals surface area contributed by atoms with Crippen molar-refractivity contribution < 1.29 is 9.53 Å². The summed E-state index contributed by atoms with van der Waals surface area (Å²) in [5.41, 5.74) is 0.990. The van der Waals surface area contributed by atoms with E-state index in [0.29, 0.717) is 24.5 Å². The van der Waals surface area contributed by atoms with E-state index in [-0.39, 0.29) is 0 Å². The Labute approximate surface area is 104 Å². The molecule has 1 atom stereocenters. The summed E-state index contributed by atoms with van der Waals surface area (Å²) >= 11 is 0. The maximum Gasteiger partial charge on any atom is 0.137 e. The Morgan fingerprint density at radius 2 is 2.06 bits per heavy atom. The van der Waals surface area contributed by atoms with Gasteiger partial charge in [-0.15, -0.1) is 0 Å². The summed E-state index contributed by atoms with van der Waals surface area (Å²) in [7, 11) is 1.64. The van der Waals surface area contributed by atoms with Crippen LogP contribution in [0.1, 0.15) is 38.7 Å². The molecule has 0 bridgehead atoms. The molecule has 2 heteroatoms. The normalized spacial score (nSPS) is 12.2. The number of hydrogen-bond donors (Lipinski definition) is 0. The summed E-state index contributed by atoms with van der Waals surface area (Å²) in [5, 5.41) is 0. The summed E-state index contributed by atoms with van der Waals surface area (Å²) in [5.74, 6) is 1.60. The second kappa shape index (κ2) is 7.10. The van der Waals surface area contributed by atoms with Gasteiger partial charge < -0.3 is 4.74 Å². The van der Waals surface area contributed by atoms with Gasteiger partial charge in [-0.3, -0.25) is 4.79 Å². The van der Waals surface area contributed by atoms with Crippen molar-refractivity contribution in [1.82, 2.24) is 0 Å². The van der Waals surface area contributed by atoms with E-state index in [4.69, 9.17) is 4.74 Å². The highest BCUT2D eigenvalue weighted by Crippen LogP contribution is 2.20. The molecular formula is C15H22O2. The van der Waals surface area contributed by atoms with Crippen LogP contribution < -0.4 is 4.74 Å². The fourth-order valence-corrected chi connectivity index (χ4v) is 2.12. The fourth-order valence-electron chi connectivity index (χ4n) is 2.12. The number of ketones is 1. The van der Waals surface area contributed by atoms with Crippen LogP contribution in [0.2, 0.25) is 0 Å². The number of para-hydroxylation sites is 1. The molecule has 94 valence electrons. The molecule has 0 aliphatic rings. The topological polar surface area (TPSA) is 26.3 Å². The largest absolute Gasteiger partial charge is 0.496 e. The minimum absolute atomic E-state index is 0.301. The predicted molar refractivity (Wildman–Crippen MR) is 70.4 cm³/mol. The first-order valence-electron chi connectivity index (χ1n) is 6.31. The molecule has 0 N–H and O–H groups in total. The van der Waals surface area contributed by atoms with E-state index in [2.05, 4.69) is 13.8 Å². The van der Waals surface area contributed by atoms with Crippen LogP contribution in [0.25, 0.3) is 0 Å². The first-order valence-corrected chi connectivity index (χ1v) is 6.31. The molecule has 0 aromatic heterocycles. The maximum absolute atomic E-state index is 11.9. The third-order valence-corrected chi connectivity index (χ3v) is 2.94. The number of carbonyl (C=O) groups excluding carboxylic acids is 1. The summed E-state index contributed by atoms with van der Waals surface area (Å²) in [6.45, 7) is 4.30. The molecule has 2 nitrogen and oxygen atoms in total. The monoisotopic (exact) mass is 234 g/mol. The Balaban J connectivity index is 2.55. The fraction of sp³-hybridized carbons (Fsp3) is 0.533. The molecule has 0 heterocycles. The van der Waals surface area contributed by atoms with Crippen molar-refractivity contribution in [3.63, 3.8) is 0 Å². The average Bonchev–Trinajstić information content (AvgIpc) is 2.29. The van der Waals surface area contributed by atoms with Gasteiger partial charge in [-0.25, -0.2) is 0 Å². The summed E-state index contributed by atoms with van der Waals surface area (Å²) < 4.78 is 5.25. The zero-order valence-corrected chi connectivity index (χ0v) is 11.0. The van der Waals surface area contributed by atoms with Crippen molar-refractivity contribution in [1.29, 1.82) is 0 Å². The van der Waals surface area contributed by atoms with E-state index >= 15 is 0 Å². The molecule has 17 heavy (non-hydrogen) atoms. The Kier molecular flexibility index (Phi) is 5.75. The van der Waals surface area contributed by atoms with Crippen LogP contribution in [-0.4, -0.2) is 12.9 Å². The Bertz CT molecular complexity index is 358. The number of Topliss-reactive ketones (excluding diaryl/α,β-unsaturated/α-hetero) is 1. The first kappa shape index (κ1) is 13.8. The minimum Gasteiger partial charge on any atom is -0.496 e. The van der Waals surface area contributed by atoms with Crippen LogP contribution in [0.4, 0.5) is 0 Å². The smallest absolute Gasteiger partial charge is 0.137 e. The van der Waals surface area contributed by atoms with Crippen LogP contribution in [0.3, 0.4) is 0 Å². The van der Waals surface area contributed by atoms with Crippen LogP contribution >= 0.6 is 0 Å². The predicted octanol–water partition coefficient (Wildman–Crippen LogP) is 3.63. The van der Waals surface area contributed by atoms with Gasteiger partial charge in [0.1, 0.15) is 11.5 Å². The third kappa shape index (κ3) is 4.59. The van der Waals surface area contributed by atoms with Gasteiger partial charge in [0.15, 0.2) is 0 Å². The quantitative estimate of drug-likeness (QED) is 0.720. The minimum atomic E-state index is 0.301. The van der Waals surface area contributed by atoms with Crippen LogP contribution in [0.15, 0.2) is 24.3 Å². The van der Waals surface area contributed by atoms with Crippen LogP contribution in [-0.2, 0) is 11.2 Å². The molecule has 1 aromatic rings. The van der Waals surface area contributed by atoms with Crippen molar-refractivity contribution in [3.05, 3.63) is 29.8 Å². The van der Waals surface area contributed by atoms with Gasteiger partial charge in [0.2, 0.25) is 0 Å². The number of benzene rings is 1. The van der Waals surface area contributed by atoms with Crippen molar-refractivity contribution in [2.45, 2.75) is 39.5 Å². The summed E-state index contributed by atoms with van der Waals surface area (Å²) in [6, 6.07) is 7.73. The highest BCUT2D eigenvalue weighted by Gasteiger charge is 2.11. The van der Waals surface area contributed by atoms with Crippen molar-refractivity contribution in [3.8, 4) is 5.75 Å². The molecule has 0 amide bonds. The lowest BCUT2D eigenvalue weighted by atomic mass is 9.96. The number of methoxy groups -OCH3 is 1. The maximum atomic E-state index is 11.9. The molecule has 0 aliphatic carbocycles. The summed E-state index contributed by atoms with van der Waals surface area (Å²) in [6.07, 6.45) is 3.42. The second-order valence-electron chi connectivity index (χ2n) is 4.63. The zero-order chi connectivity index (χ0) is 12.7. The highest BCUT2D eigenvalue weighted by atomic mass is 16.5. The van der Waals surface area contributed by atoms with E-state index < -0.39 is 0 Å². The third-order valence-electron chi connectivity index (χ3n) is 2.94. The Hall–Kier alpha value is -1.31. The van der Waals surface area contributed by atoms with Gasteiger partial charge in [0.05, 0.1) is 7.11 Å². The first-order chi connectivity index (χ1) is 8.17. The SMILES string of the molecule is CCCC(C)CC(=O)Cc1ccccc1OC. The molecule has 1 rings (SSSR count). The van der Waals surface area contributed by atoms with Gasteiger partial charge >= 0.3 is 0 Å². The van der Waals surface area contributed by atoms with Crippen molar-refractivity contribution in [2.75, 3.05) is 7.11 Å². The molecular weight excluding hydrogens is 212 g/mol. The molecule has 0 fully saturated rings. The van der Waals surface area contributed by atoms with E-state index in [1.807, 2.05) is 24.3 Å². The number of rotatable bonds is 7. The van der Waals surface area contributed by atoms with E-state index in [0.717, 1.165) is 24.2 Å². The Morgan fingerprint density at radius 1 is 1.35 bits per heavy atom. The van der Waals surface area contributed by atoms with E-state index in [1.54, 1.807) is 7.11 Å². The van der Waals surface area contributed by atoms with Crippen LogP contribution in [0.5, 0.6) is 5.75 Å². The van der Waals surface area contributed by atoms with E-state index in [9.17, 15) is 4.79 Å². The van der Waals surface area contributed by atoms with Gasteiger partial charge in [0.25, 0.3) is 0 Å². The molecule has 0 saturated carbocycles. The lowest BCUT2D eigenvalue weighted by molar-refractivity contribution is -0.119. The number of hydrogen-bond acceptors (Lipinski definition) is 2. The lowest BCUT2D eigenvalue weighted by Gasteiger charge is -2.10. The van der Waals surface area contributed by atoms with Crippen molar-refractivity contribution in [2.24, 2.45) is 5.92 Å². The molecule has 0 radical (unpaired) electrons. The van der Waals surface area contributed by atoms with Crippen molar-refractivity contribution >= 4 is 5.78 Å². The summed E-state index contributed by atoms with van der Waals surface area (Å²) in [4.78, 5) is 11.9. The van der Waals surface area contributed by atoms with Gasteiger partial charge in [0, 0.05) is 18.4 Å². The second-order valence-corrected chi connectivity index (χ2v) is 4.63. The van der Waals surface area contributed by atoms with Gasteiger partial charge in [-0.2, -0.15) is 0 Å². The highest BCUT2D eigenvalue weighted by molar-refractivity contribution is 5.81. The van der Waals surface area contributed by atoms with Gasteiger partial charge in [-0.1, -0.05) is 44.9 Å². The molecule has 1 unspecified atom stereocenters. The molecule has 0 saturated heterocycles. The number of ether oxygens (including phenoxy) is 1. The number of carbonyl (C=O) groups is 1. The lowest BCUT2D eigenvalue weighted by Crippen LogP contribution is -2.09. The Morgan fingerprint density at radius 3 is 2.71 bits per heavy atom. The molecule has 0 spiro atoms.